The molecule has 1 atom stereocenters. The van der Waals surface area contributed by atoms with Gasteiger partial charge in [0.05, 0.1) is 0 Å². The lowest BCUT2D eigenvalue weighted by molar-refractivity contribution is -0.168. The van der Waals surface area contributed by atoms with E-state index in [-0.39, 0.29) is 24.0 Å². The Balaban J connectivity index is 0.00000256. The van der Waals surface area contributed by atoms with E-state index in [1.54, 1.807) is 6.92 Å². The molecule has 0 radical (unpaired) electrons. The summed E-state index contributed by atoms with van der Waals surface area (Å²) in [5, 5.41) is 9.42. The average Bonchev–Trinajstić information content (AvgIpc) is 2.16. The van der Waals surface area contributed by atoms with Crippen molar-refractivity contribution < 1.29 is 13.9 Å². The Morgan fingerprint density at radius 3 is 2.29 bits per heavy atom. The summed E-state index contributed by atoms with van der Waals surface area (Å²) < 4.78 is 27.6. The zero-order valence-corrected chi connectivity index (χ0v) is 10.8. The molecule has 1 heterocycles. The van der Waals surface area contributed by atoms with Gasteiger partial charge in [-0.1, -0.05) is 0 Å². The standard InChI is InChI=1S/C11H16F2N2O.ClH/c1-7(14)8-4-9(6-15-5-8)11(12,13)10(2,3)16;/h4-7,16H,14H2,1-3H3;1H. The minimum atomic E-state index is -3.36. The van der Waals surface area contributed by atoms with Crippen LogP contribution in [0.1, 0.15) is 37.9 Å². The summed E-state index contributed by atoms with van der Waals surface area (Å²) in [7, 11) is 0. The van der Waals surface area contributed by atoms with Crippen LogP contribution >= 0.6 is 12.4 Å². The lowest BCUT2D eigenvalue weighted by Crippen LogP contribution is -2.40. The van der Waals surface area contributed by atoms with Gasteiger partial charge >= 0.3 is 5.92 Å². The number of pyridine rings is 1. The first-order chi connectivity index (χ1) is 7.16. The fourth-order valence-electron chi connectivity index (χ4n) is 1.23. The number of alkyl halides is 2. The Morgan fingerprint density at radius 2 is 1.88 bits per heavy atom. The molecule has 0 aliphatic carbocycles. The first-order valence-electron chi connectivity index (χ1n) is 4.97. The summed E-state index contributed by atoms with van der Waals surface area (Å²) in [6.45, 7) is 3.81. The molecule has 3 nitrogen and oxygen atoms in total. The second kappa shape index (κ2) is 5.25. The van der Waals surface area contributed by atoms with Crippen molar-refractivity contribution in [2.45, 2.75) is 38.3 Å². The molecular weight excluding hydrogens is 250 g/mol. The van der Waals surface area contributed by atoms with Crippen LogP contribution in [0, 0.1) is 0 Å². The molecule has 0 amide bonds. The van der Waals surface area contributed by atoms with E-state index in [1.165, 1.54) is 12.3 Å². The van der Waals surface area contributed by atoms with Gasteiger partial charge in [0.2, 0.25) is 0 Å². The third-order valence-corrected chi connectivity index (χ3v) is 2.42. The van der Waals surface area contributed by atoms with E-state index in [0.29, 0.717) is 5.56 Å². The molecule has 1 unspecified atom stereocenters. The summed E-state index contributed by atoms with van der Waals surface area (Å²) in [5.41, 5.74) is 3.64. The smallest absolute Gasteiger partial charge is 0.302 e. The van der Waals surface area contributed by atoms with E-state index < -0.39 is 11.5 Å². The molecule has 6 heteroatoms. The maximum atomic E-state index is 13.8. The van der Waals surface area contributed by atoms with Gasteiger partial charge in [0, 0.05) is 24.0 Å². The fourth-order valence-corrected chi connectivity index (χ4v) is 1.23. The molecule has 98 valence electrons. The lowest BCUT2D eigenvalue weighted by atomic mass is 9.93. The summed E-state index contributed by atoms with van der Waals surface area (Å²) in [5.74, 6) is -3.36. The topological polar surface area (TPSA) is 59.1 Å². The van der Waals surface area contributed by atoms with E-state index >= 15 is 0 Å². The highest BCUT2D eigenvalue weighted by Crippen LogP contribution is 2.38. The van der Waals surface area contributed by atoms with Gasteiger partial charge in [0.1, 0.15) is 5.60 Å². The van der Waals surface area contributed by atoms with Crippen LogP contribution in [0.3, 0.4) is 0 Å². The van der Waals surface area contributed by atoms with Gasteiger partial charge in [-0.3, -0.25) is 4.98 Å². The van der Waals surface area contributed by atoms with Crippen molar-refractivity contribution in [2.75, 3.05) is 0 Å². The third-order valence-electron chi connectivity index (χ3n) is 2.42. The first-order valence-corrected chi connectivity index (χ1v) is 4.97. The number of aromatic nitrogens is 1. The van der Waals surface area contributed by atoms with Crippen LogP contribution in [0.2, 0.25) is 0 Å². The number of halogens is 3. The van der Waals surface area contributed by atoms with Crippen molar-refractivity contribution in [1.82, 2.24) is 4.98 Å². The van der Waals surface area contributed by atoms with Gasteiger partial charge < -0.3 is 10.8 Å². The van der Waals surface area contributed by atoms with Crippen LogP contribution in [0.4, 0.5) is 8.78 Å². The van der Waals surface area contributed by atoms with Crippen molar-refractivity contribution >= 4 is 12.4 Å². The lowest BCUT2D eigenvalue weighted by Gasteiger charge is -2.29. The number of nitrogens with two attached hydrogens (primary N) is 1. The van der Waals surface area contributed by atoms with Gasteiger partial charge in [-0.2, -0.15) is 8.78 Å². The van der Waals surface area contributed by atoms with Crippen molar-refractivity contribution in [3.8, 4) is 0 Å². The summed E-state index contributed by atoms with van der Waals surface area (Å²) in [4.78, 5) is 3.71. The summed E-state index contributed by atoms with van der Waals surface area (Å²) in [6, 6.07) is 0.903. The molecule has 0 fully saturated rings. The SMILES string of the molecule is CC(N)c1cncc(C(F)(F)C(C)(C)O)c1.Cl. The highest BCUT2D eigenvalue weighted by molar-refractivity contribution is 5.85. The maximum absolute atomic E-state index is 13.8. The molecular formula is C11H17ClF2N2O. The predicted octanol–water partition coefficient (Wildman–Crippen LogP) is 2.39. The minimum Gasteiger partial charge on any atom is -0.384 e. The Labute approximate surface area is 105 Å². The van der Waals surface area contributed by atoms with E-state index in [0.717, 1.165) is 20.0 Å². The number of hydrogen-bond donors (Lipinski definition) is 2. The Bertz CT molecular complexity index is 378. The fraction of sp³-hybridized carbons (Fsp3) is 0.545. The average molecular weight is 267 g/mol. The number of aliphatic hydroxyl groups is 1. The van der Waals surface area contributed by atoms with Crippen LogP contribution in [0.5, 0.6) is 0 Å². The first kappa shape index (κ1) is 16.2. The zero-order valence-electron chi connectivity index (χ0n) is 9.95. The second-order valence-electron chi connectivity index (χ2n) is 4.43. The van der Waals surface area contributed by atoms with Gasteiger partial charge in [-0.25, -0.2) is 0 Å². The third kappa shape index (κ3) is 3.34. The quantitative estimate of drug-likeness (QED) is 0.883. The van der Waals surface area contributed by atoms with E-state index in [2.05, 4.69) is 4.98 Å². The molecule has 0 aromatic carbocycles. The number of nitrogens with zero attached hydrogens (tertiary/aromatic N) is 1. The van der Waals surface area contributed by atoms with Gasteiger partial charge in [-0.05, 0) is 32.4 Å². The molecule has 17 heavy (non-hydrogen) atoms. The minimum absolute atomic E-state index is 0. The van der Waals surface area contributed by atoms with E-state index in [9.17, 15) is 13.9 Å². The molecule has 3 N–H and O–H groups in total. The normalized spacial score (nSPS) is 14.1. The molecule has 1 aromatic rings. The monoisotopic (exact) mass is 266 g/mol. The molecule has 0 saturated heterocycles. The Hall–Kier alpha value is -0.780. The highest BCUT2D eigenvalue weighted by atomic mass is 35.5. The van der Waals surface area contributed by atoms with Crippen LogP contribution in [-0.2, 0) is 5.92 Å². The van der Waals surface area contributed by atoms with E-state index in [4.69, 9.17) is 5.73 Å². The summed E-state index contributed by atoms with van der Waals surface area (Å²) >= 11 is 0. The molecule has 0 aliphatic heterocycles. The van der Waals surface area contributed by atoms with Crippen molar-refractivity contribution in [3.63, 3.8) is 0 Å². The number of hydrogen-bond acceptors (Lipinski definition) is 3. The van der Waals surface area contributed by atoms with Crippen molar-refractivity contribution in [1.29, 1.82) is 0 Å². The molecule has 1 rings (SSSR count). The van der Waals surface area contributed by atoms with Crippen LogP contribution in [0.15, 0.2) is 18.5 Å². The van der Waals surface area contributed by atoms with Crippen molar-refractivity contribution in [2.24, 2.45) is 5.73 Å². The molecule has 0 saturated carbocycles. The molecule has 1 aromatic heterocycles. The Kier molecular flexibility index (Phi) is 5.01. The molecule has 0 aliphatic rings. The largest absolute Gasteiger partial charge is 0.384 e. The van der Waals surface area contributed by atoms with Crippen LogP contribution < -0.4 is 5.73 Å². The van der Waals surface area contributed by atoms with Gasteiger partial charge in [-0.15, -0.1) is 12.4 Å². The number of rotatable bonds is 3. The van der Waals surface area contributed by atoms with Gasteiger partial charge in [0.25, 0.3) is 0 Å². The maximum Gasteiger partial charge on any atom is 0.302 e. The van der Waals surface area contributed by atoms with Crippen LogP contribution in [0.25, 0.3) is 0 Å². The predicted molar refractivity (Wildman–Crippen MR) is 64.3 cm³/mol. The van der Waals surface area contributed by atoms with Crippen LogP contribution in [-0.4, -0.2) is 15.7 Å². The second-order valence-corrected chi connectivity index (χ2v) is 4.43. The van der Waals surface area contributed by atoms with Gasteiger partial charge in [0.15, 0.2) is 0 Å². The zero-order chi connectivity index (χ0) is 12.6. The molecule has 0 bridgehead atoms. The highest BCUT2D eigenvalue weighted by Gasteiger charge is 2.47. The molecule has 0 spiro atoms. The summed E-state index contributed by atoms with van der Waals surface area (Å²) in [6.07, 6.45) is 2.48. The van der Waals surface area contributed by atoms with Crippen molar-refractivity contribution in [3.05, 3.63) is 29.6 Å². The van der Waals surface area contributed by atoms with E-state index in [1.807, 2.05) is 0 Å². The Morgan fingerprint density at radius 1 is 1.35 bits per heavy atom.